The third-order valence-corrected chi connectivity index (χ3v) is 2.14. The Hall–Kier alpha value is -1.62. The van der Waals surface area contributed by atoms with Gasteiger partial charge in [-0.05, 0) is 19.4 Å². The largest absolute Gasteiger partial charge is 0.396 e. The fourth-order valence-electron chi connectivity index (χ4n) is 1.47. The molecule has 0 bridgehead atoms. The number of rotatable bonds is 4. The molecule has 15 heavy (non-hydrogen) atoms. The molecule has 2 aromatic heterocycles. The highest BCUT2D eigenvalue weighted by molar-refractivity contribution is 5.67. The Morgan fingerprint density at radius 2 is 2.40 bits per heavy atom. The molecule has 5 heteroatoms. The van der Waals surface area contributed by atoms with Gasteiger partial charge in [-0.1, -0.05) is 0 Å². The molecule has 0 aliphatic rings. The summed E-state index contributed by atoms with van der Waals surface area (Å²) in [6.45, 7) is 2.85. The van der Waals surface area contributed by atoms with Crippen molar-refractivity contribution in [2.24, 2.45) is 0 Å². The Labute approximate surface area is 87.8 Å². The van der Waals surface area contributed by atoms with Crippen molar-refractivity contribution < 1.29 is 5.11 Å². The molecule has 0 saturated heterocycles. The summed E-state index contributed by atoms with van der Waals surface area (Å²) in [5, 5.41) is 16.1. The number of fused-ring (bicyclic) bond motifs is 1. The average molecular weight is 206 g/mol. The van der Waals surface area contributed by atoms with Crippen LogP contribution in [0.5, 0.6) is 0 Å². The standard InChI is InChI=1S/C10H14N4O/c1-8-7-9-10(11-3-2-6-15)12-4-5-14(9)13-8/h4-5,7,15H,2-3,6H2,1H3,(H,11,12). The van der Waals surface area contributed by atoms with Gasteiger partial charge in [-0.25, -0.2) is 9.50 Å². The van der Waals surface area contributed by atoms with Crippen molar-refractivity contribution in [3.8, 4) is 0 Å². The summed E-state index contributed by atoms with van der Waals surface area (Å²) in [5.74, 6) is 0.812. The monoisotopic (exact) mass is 206 g/mol. The summed E-state index contributed by atoms with van der Waals surface area (Å²) < 4.78 is 1.80. The highest BCUT2D eigenvalue weighted by Crippen LogP contribution is 2.14. The lowest BCUT2D eigenvalue weighted by molar-refractivity contribution is 0.292. The van der Waals surface area contributed by atoms with Crippen LogP contribution >= 0.6 is 0 Å². The first-order valence-electron chi connectivity index (χ1n) is 4.97. The zero-order valence-corrected chi connectivity index (χ0v) is 8.64. The number of aliphatic hydroxyl groups excluding tert-OH is 1. The number of hydrogen-bond donors (Lipinski definition) is 2. The molecule has 2 heterocycles. The number of nitrogens with one attached hydrogen (secondary N) is 1. The molecule has 2 N–H and O–H groups in total. The lowest BCUT2D eigenvalue weighted by Gasteiger charge is -2.04. The van der Waals surface area contributed by atoms with E-state index in [4.69, 9.17) is 5.11 Å². The normalized spacial score (nSPS) is 10.8. The molecule has 0 unspecified atom stereocenters. The van der Waals surface area contributed by atoms with Gasteiger partial charge in [0.1, 0.15) is 5.52 Å². The number of anilines is 1. The fourth-order valence-corrected chi connectivity index (χ4v) is 1.47. The lowest BCUT2D eigenvalue weighted by Crippen LogP contribution is -2.06. The van der Waals surface area contributed by atoms with Gasteiger partial charge in [0, 0.05) is 25.5 Å². The molecule has 0 aliphatic carbocycles. The van der Waals surface area contributed by atoms with Crippen molar-refractivity contribution in [1.29, 1.82) is 0 Å². The lowest BCUT2D eigenvalue weighted by atomic mass is 10.4. The van der Waals surface area contributed by atoms with E-state index >= 15 is 0 Å². The molecule has 0 aromatic carbocycles. The second-order valence-electron chi connectivity index (χ2n) is 3.40. The van der Waals surface area contributed by atoms with Crippen LogP contribution in [0.3, 0.4) is 0 Å². The topological polar surface area (TPSA) is 62.5 Å². The van der Waals surface area contributed by atoms with E-state index in [1.165, 1.54) is 0 Å². The second-order valence-corrected chi connectivity index (χ2v) is 3.40. The number of aliphatic hydroxyl groups is 1. The number of nitrogens with zero attached hydrogens (tertiary/aromatic N) is 3. The molecular weight excluding hydrogens is 192 g/mol. The molecule has 80 valence electrons. The average Bonchev–Trinajstić information content (AvgIpc) is 2.59. The maximum Gasteiger partial charge on any atom is 0.152 e. The summed E-state index contributed by atoms with van der Waals surface area (Å²) in [5.41, 5.74) is 1.93. The predicted molar refractivity (Wildman–Crippen MR) is 57.9 cm³/mol. The van der Waals surface area contributed by atoms with E-state index in [1.54, 1.807) is 10.7 Å². The Morgan fingerprint density at radius 3 is 3.20 bits per heavy atom. The van der Waals surface area contributed by atoms with Gasteiger partial charge >= 0.3 is 0 Å². The van der Waals surface area contributed by atoms with E-state index in [0.29, 0.717) is 6.54 Å². The van der Waals surface area contributed by atoms with Gasteiger partial charge in [-0.15, -0.1) is 0 Å². The van der Waals surface area contributed by atoms with Crippen LogP contribution in [0, 0.1) is 6.92 Å². The molecular formula is C10H14N4O. The van der Waals surface area contributed by atoms with Gasteiger partial charge in [-0.2, -0.15) is 5.10 Å². The van der Waals surface area contributed by atoms with Crippen LogP contribution in [0.4, 0.5) is 5.82 Å². The third-order valence-electron chi connectivity index (χ3n) is 2.14. The number of aromatic nitrogens is 3. The molecule has 2 rings (SSSR count). The third kappa shape index (κ3) is 2.07. The summed E-state index contributed by atoms with van der Waals surface area (Å²) in [6, 6.07) is 1.98. The van der Waals surface area contributed by atoms with E-state index in [1.807, 2.05) is 19.2 Å². The van der Waals surface area contributed by atoms with Crippen LogP contribution in [0.25, 0.3) is 5.52 Å². The molecule has 0 amide bonds. The summed E-state index contributed by atoms with van der Waals surface area (Å²) in [7, 11) is 0. The molecule has 0 aliphatic heterocycles. The predicted octanol–water partition coefficient (Wildman–Crippen LogP) is 0.832. The van der Waals surface area contributed by atoms with E-state index < -0.39 is 0 Å². The van der Waals surface area contributed by atoms with Crippen LogP contribution < -0.4 is 5.32 Å². The highest BCUT2D eigenvalue weighted by Gasteiger charge is 2.03. The Balaban J connectivity index is 2.25. The van der Waals surface area contributed by atoms with Crippen LogP contribution in [-0.2, 0) is 0 Å². The number of hydrogen-bond acceptors (Lipinski definition) is 4. The summed E-state index contributed by atoms with van der Waals surface area (Å²) in [4.78, 5) is 4.24. The van der Waals surface area contributed by atoms with Crippen molar-refractivity contribution in [3.05, 3.63) is 24.2 Å². The van der Waals surface area contributed by atoms with Crippen molar-refractivity contribution >= 4 is 11.3 Å². The van der Waals surface area contributed by atoms with E-state index in [9.17, 15) is 0 Å². The van der Waals surface area contributed by atoms with Crippen LogP contribution in [-0.4, -0.2) is 32.9 Å². The van der Waals surface area contributed by atoms with E-state index in [2.05, 4.69) is 15.4 Å². The molecule has 2 aromatic rings. The SMILES string of the molecule is Cc1cc2c(NCCCO)nccn2n1. The van der Waals surface area contributed by atoms with Crippen molar-refractivity contribution in [3.63, 3.8) is 0 Å². The summed E-state index contributed by atoms with van der Waals surface area (Å²) >= 11 is 0. The minimum Gasteiger partial charge on any atom is -0.396 e. The first-order chi connectivity index (χ1) is 7.31. The van der Waals surface area contributed by atoms with Gasteiger partial charge in [0.05, 0.1) is 5.69 Å². The molecule has 0 radical (unpaired) electrons. The Morgan fingerprint density at radius 1 is 1.53 bits per heavy atom. The molecule has 0 saturated carbocycles. The fraction of sp³-hybridized carbons (Fsp3) is 0.400. The zero-order valence-electron chi connectivity index (χ0n) is 8.64. The van der Waals surface area contributed by atoms with Crippen LogP contribution in [0.15, 0.2) is 18.5 Å². The Kier molecular flexibility index (Phi) is 2.82. The van der Waals surface area contributed by atoms with Crippen molar-refractivity contribution in [2.45, 2.75) is 13.3 Å². The molecule has 0 fully saturated rings. The van der Waals surface area contributed by atoms with Crippen molar-refractivity contribution in [1.82, 2.24) is 14.6 Å². The van der Waals surface area contributed by atoms with Gasteiger partial charge in [-0.3, -0.25) is 0 Å². The first-order valence-corrected chi connectivity index (χ1v) is 4.97. The minimum absolute atomic E-state index is 0.189. The maximum atomic E-state index is 8.68. The highest BCUT2D eigenvalue weighted by atomic mass is 16.3. The van der Waals surface area contributed by atoms with Gasteiger partial charge in [0.25, 0.3) is 0 Å². The van der Waals surface area contributed by atoms with Crippen LogP contribution in [0.1, 0.15) is 12.1 Å². The van der Waals surface area contributed by atoms with E-state index in [-0.39, 0.29) is 6.61 Å². The van der Waals surface area contributed by atoms with Crippen molar-refractivity contribution in [2.75, 3.05) is 18.5 Å². The zero-order chi connectivity index (χ0) is 10.7. The second kappa shape index (κ2) is 4.27. The van der Waals surface area contributed by atoms with Crippen LogP contribution in [0.2, 0.25) is 0 Å². The quantitative estimate of drug-likeness (QED) is 0.727. The van der Waals surface area contributed by atoms with Gasteiger partial charge < -0.3 is 10.4 Å². The smallest absolute Gasteiger partial charge is 0.152 e. The molecule has 5 nitrogen and oxygen atoms in total. The molecule has 0 spiro atoms. The van der Waals surface area contributed by atoms with E-state index in [0.717, 1.165) is 23.4 Å². The molecule has 0 atom stereocenters. The van der Waals surface area contributed by atoms with Gasteiger partial charge in [0.2, 0.25) is 0 Å². The number of aryl methyl sites for hydroxylation is 1. The Bertz CT molecular complexity index is 452. The minimum atomic E-state index is 0.189. The summed E-state index contributed by atoms with van der Waals surface area (Å²) in [6.07, 6.45) is 4.25. The maximum absolute atomic E-state index is 8.68. The van der Waals surface area contributed by atoms with Gasteiger partial charge in [0.15, 0.2) is 5.82 Å². The first kappa shape index (κ1) is 9.92.